The van der Waals surface area contributed by atoms with Gasteiger partial charge in [-0.1, -0.05) is 0 Å². The lowest BCUT2D eigenvalue weighted by Crippen LogP contribution is -2.40. The number of nitrogens with two attached hydrogens (primary N) is 1. The monoisotopic (exact) mass is 230 g/mol. The van der Waals surface area contributed by atoms with Crippen LogP contribution in [0.5, 0.6) is 0 Å². The molecule has 90 valence electrons. The molecular weight excluding hydrogens is 212 g/mol. The third-order valence-electron chi connectivity index (χ3n) is 4.48. The van der Waals surface area contributed by atoms with Crippen molar-refractivity contribution >= 4 is 5.78 Å². The summed E-state index contributed by atoms with van der Waals surface area (Å²) in [6.45, 7) is 0. The van der Waals surface area contributed by atoms with Gasteiger partial charge in [-0.15, -0.1) is 0 Å². The highest BCUT2D eigenvalue weighted by Gasteiger charge is 2.48. The fraction of sp³-hybridized carbons (Fsp3) is 0.571. The van der Waals surface area contributed by atoms with E-state index >= 15 is 0 Å². The van der Waals surface area contributed by atoms with Gasteiger partial charge in [-0.25, -0.2) is 0 Å². The highest BCUT2D eigenvalue weighted by atomic mass is 16.1. The second kappa shape index (κ2) is 4.22. The van der Waals surface area contributed by atoms with Gasteiger partial charge >= 0.3 is 0 Å². The molecule has 2 fully saturated rings. The zero-order chi connectivity index (χ0) is 11.8. The first kappa shape index (κ1) is 10.9. The van der Waals surface area contributed by atoms with E-state index in [0.717, 1.165) is 5.56 Å². The molecule has 0 amide bonds. The first-order chi connectivity index (χ1) is 8.25. The number of rotatable bonds is 3. The van der Waals surface area contributed by atoms with Crippen LogP contribution in [0.2, 0.25) is 0 Å². The molecule has 0 aliphatic heterocycles. The van der Waals surface area contributed by atoms with Gasteiger partial charge < -0.3 is 5.73 Å². The van der Waals surface area contributed by atoms with Crippen molar-refractivity contribution in [3.63, 3.8) is 0 Å². The van der Waals surface area contributed by atoms with Crippen LogP contribution >= 0.6 is 0 Å². The topological polar surface area (TPSA) is 56.0 Å². The van der Waals surface area contributed by atoms with Crippen LogP contribution in [0.3, 0.4) is 0 Å². The van der Waals surface area contributed by atoms with Crippen molar-refractivity contribution in [2.24, 2.45) is 23.5 Å². The van der Waals surface area contributed by atoms with Gasteiger partial charge in [0, 0.05) is 30.8 Å². The van der Waals surface area contributed by atoms with Crippen LogP contribution in [-0.4, -0.2) is 16.8 Å². The fourth-order valence-electron chi connectivity index (χ4n) is 3.63. The Kier molecular flexibility index (Phi) is 2.71. The van der Waals surface area contributed by atoms with Crippen LogP contribution in [0.1, 0.15) is 24.8 Å². The normalized spacial score (nSPS) is 35.1. The van der Waals surface area contributed by atoms with Crippen molar-refractivity contribution in [3.8, 4) is 0 Å². The minimum Gasteiger partial charge on any atom is -0.327 e. The summed E-state index contributed by atoms with van der Waals surface area (Å²) < 4.78 is 0. The molecule has 2 aliphatic rings. The Balaban J connectivity index is 1.71. The number of Topliss-reactive ketones (excluding diaryl/α,β-unsaturated/α-hetero) is 1. The molecule has 2 saturated carbocycles. The Morgan fingerprint density at radius 1 is 1.29 bits per heavy atom. The molecule has 1 heterocycles. The first-order valence-electron chi connectivity index (χ1n) is 6.43. The number of hydrogen-bond acceptors (Lipinski definition) is 3. The second-order valence-corrected chi connectivity index (χ2v) is 5.43. The average Bonchev–Trinajstić information content (AvgIpc) is 2.90. The number of nitrogens with zero attached hydrogens (tertiary/aromatic N) is 1. The highest BCUT2D eigenvalue weighted by molar-refractivity contribution is 5.84. The Labute approximate surface area is 101 Å². The number of carbonyl (C=O) groups excluding carboxylic acids is 1. The van der Waals surface area contributed by atoms with Crippen molar-refractivity contribution in [2.75, 3.05) is 0 Å². The number of aromatic nitrogens is 1. The smallest absolute Gasteiger partial charge is 0.142 e. The predicted molar refractivity (Wildman–Crippen MR) is 65.2 cm³/mol. The van der Waals surface area contributed by atoms with Gasteiger partial charge in [0.1, 0.15) is 5.78 Å². The van der Waals surface area contributed by atoms with Crippen LogP contribution < -0.4 is 5.73 Å². The van der Waals surface area contributed by atoms with E-state index in [1.54, 1.807) is 12.4 Å². The number of pyridine rings is 1. The molecular formula is C14H18N2O. The molecule has 2 N–H and O–H groups in total. The average molecular weight is 230 g/mol. The Morgan fingerprint density at radius 3 is 2.65 bits per heavy atom. The quantitative estimate of drug-likeness (QED) is 0.857. The molecule has 0 saturated heterocycles. The largest absolute Gasteiger partial charge is 0.327 e. The van der Waals surface area contributed by atoms with E-state index in [0.29, 0.717) is 24.0 Å². The van der Waals surface area contributed by atoms with Gasteiger partial charge in [0.15, 0.2) is 0 Å². The van der Waals surface area contributed by atoms with Crippen molar-refractivity contribution in [1.82, 2.24) is 4.98 Å². The van der Waals surface area contributed by atoms with Gasteiger partial charge in [0.05, 0.1) is 0 Å². The second-order valence-electron chi connectivity index (χ2n) is 5.43. The molecule has 3 heteroatoms. The summed E-state index contributed by atoms with van der Waals surface area (Å²) in [5.41, 5.74) is 7.24. The maximum atomic E-state index is 12.3. The van der Waals surface area contributed by atoms with Crippen molar-refractivity contribution in [1.29, 1.82) is 0 Å². The molecule has 3 rings (SSSR count). The molecule has 3 nitrogen and oxygen atoms in total. The Bertz CT molecular complexity index is 415. The highest BCUT2D eigenvalue weighted by Crippen LogP contribution is 2.48. The summed E-state index contributed by atoms with van der Waals surface area (Å²) in [6, 6.07) is 3.94. The summed E-state index contributed by atoms with van der Waals surface area (Å²) in [6.07, 6.45) is 7.60. The van der Waals surface area contributed by atoms with Gasteiger partial charge in [0.25, 0.3) is 0 Å². The zero-order valence-electron chi connectivity index (χ0n) is 9.88. The Hall–Kier alpha value is -1.22. The lowest BCUT2D eigenvalue weighted by molar-refractivity contribution is -0.124. The minimum absolute atomic E-state index is 0.113. The van der Waals surface area contributed by atoms with Gasteiger partial charge in [0.2, 0.25) is 0 Å². The van der Waals surface area contributed by atoms with E-state index in [-0.39, 0.29) is 12.0 Å². The number of ketones is 1. The Morgan fingerprint density at radius 2 is 2.00 bits per heavy atom. The summed E-state index contributed by atoms with van der Waals surface area (Å²) in [4.78, 5) is 16.3. The lowest BCUT2D eigenvalue weighted by atomic mass is 9.80. The molecule has 0 aromatic carbocycles. The van der Waals surface area contributed by atoms with E-state index in [2.05, 4.69) is 4.98 Å². The molecule has 1 aromatic heterocycles. The maximum Gasteiger partial charge on any atom is 0.142 e. The van der Waals surface area contributed by atoms with Crippen LogP contribution in [0.25, 0.3) is 0 Å². The SMILES string of the molecule is NC1C2CCC(C2)C1C(=O)Cc1ccncc1. The molecule has 0 spiro atoms. The predicted octanol–water partition coefficient (Wildman–Crippen LogP) is 1.57. The van der Waals surface area contributed by atoms with Crippen LogP contribution in [-0.2, 0) is 11.2 Å². The van der Waals surface area contributed by atoms with Crippen LogP contribution in [0.4, 0.5) is 0 Å². The van der Waals surface area contributed by atoms with E-state index in [9.17, 15) is 4.79 Å². The fourth-order valence-corrected chi connectivity index (χ4v) is 3.63. The molecule has 2 bridgehead atoms. The maximum absolute atomic E-state index is 12.3. The minimum atomic E-state index is 0.113. The molecule has 4 unspecified atom stereocenters. The van der Waals surface area contributed by atoms with Crippen molar-refractivity contribution < 1.29 is 4.79 Å². The van der Waals surface area contributed by atoms with Crippen LogP contribution in [0, 0.1) is 17.8 Å². The molecule has 0 radical (unpaired) electrons. The first-order valence-corrected chi connectivity index (χ1v) is 6.43. The van der Waals surface area contributed by atoms with E-state index in [4.69, 9.17) is 5.73 Å². The molecule has 2 aliphatic carbocycles. The number of fused-ring (bicyclic) bond motifs is 2. The summed E-state index contributed by atoms with van der Waals surface area (Å²) in [7, 11) is 0. The zero-order valence-corrected chi connectivity index (χ0v) is 9.88. The van der Waals surface area contributed by atoms with E-state index < -0.39 is 0 Å². The molecule has 4 atom stereocenters. The number of carbonyl (C=O) groups is 1. The van der Waals surface area contributed by atoms with E-state index in [1.807, 2.05) is 12.1 Å². The molecule has 17 heavy (non-hydrogen) atoms. The third-order valence-corrected chi connectivity index (χ3v) is 4.48. The third kappa shape index (κ3) is 1.89. The lowest BCUT2D eigenvalue weighted by Gasteiger charge is -2.26. The van der Waals surface area contributed by atoms with Crippen molar-refractivity contribution in [3.05, 3.63) is 30.1 Å². The molecule has 1 aromatic rings. The summed E-state index contributed by atoms with van der Waals surface area (Å²) in [5, 5.41) is 0. The number of hydrogen-bond donors (Lipinski definition) is 1. The summed E-state index contributed by atoms with van der Waals surface area (Å²) >= 11 is 0. The summed E-state index contributed by atoms with van der Waals surface area (Å²) in [5.74, 6) is 1.61. The van der Waals surface area contributed by atoms with Gasteiger partial charge in [-0.3, -0.25) is 9.78 Å². The van der Waals surface area contributed by atoms with Crippen molar-refractivity contribution in [2.45, 2.75) is 31.7 Å². The van der Waals surface area contributed by atoms with E-state index in [1.165, 1.54) is 19.3 Å². The standard InChI is InChI=1S/C14H18N2O/c15-14-11-2-1-10(8-11)13(14)12(17)7-9-3-5-16-6-4-9/h3-6,10-11,13-14H,1-2,7-8,15H2. The van der Waals surface area contributed by atoms with Gasteiger partial charge in [-0.2, -0.15) is 0 Å². The van der Waals surface area contributed by atoms with Gasteiger partial charge in [-0.05, 0) is 48.8 Å². The van der Waals surface area contributed by atoms with Crippen LogP contribution in [0.15, 0.2) is 24.5 Å².